The monoisotopic (exact) mass is 383 g/mol. The topological polar surface area (TPSA) is 101 Å². The number of hydrogen-bond donors (Lipinski definition) is 2. The lowest BCUT2D eigenvalue weighted by molar-refractivity contribution is 0.0600. The SMILES string of the molecule is COC(=O)c1ccc(CNC(=O)c2nc3sc4c(c3c(=O)[nH]2)CCC4)cc1. The van der Waals surface area contributed by atoms with E-state index in [1.54, 1.807) is 24.3 Å². The van der Waals surface area contributed by atoms with Gasteiger partial charge >= 0.3 is 5.97 Å². The molecule has 0 bridgehead atoms. The van der Waals surface area contributed by atoms with Gasteiger partial charge in [-0.05, 0) is 42.5 Å². The Kier molecular flexibility index (Phi) is 4.49. The molecule has 4 rings (SSSR count). The Morgan fingerprint density at radius 3 is 2.78 bits per heavy atom. The molecule has 138 valence electrons. The molecule has 0 unspecified atom stereocenters. The highest BCUT2D eigenvalue weighted by molar-refractivity contribution is 7.18. The van der Waals surface area contributed by atoms with Crippen molar-refractivity contribution in [3.63, 3.8) is 0 Å². The predicted octanol–water partition coefficient (Wildman–Crippen LogP) is 2.19. The van der Waals surface area contributed by atoms with Gasteiger partial charge in [0.25, 0.3) is 11.5 Å². The van der Waals surface area contributed by atoms with Crippen LogP contribution in [0.15, 0.2) is 29.1 Å². The molecule has 8 heteroatoms. The first-order chi connectivity index (χ1) is 13.1. The summed E-state index contributed by atoms with van der Waals surface area (Å²) in [5.74, 6) is -0.846. The van der Waals surface area contributed by atoms with Crippen LogP contribution in [0, 0.1) is 0 Å². The number of nitrogens with zero attached hydrogens (tertiary/aromatic N) is 1. The number of thiophene rings is 1. The second-order valence-corrected chi connectivity index (χ2v) is 7.41. The summed E-state index contributed by atoms with van der Waals surface area (Å²) in [6.07, 6.45) is 2.93. The van der Waals surface area contributed by atoms with Gasteiger partial charge in [-0.3, -0.25) is 9.59 Å². The predicted molar refractivity (Wildman–Crippen MR) is 101 cm³/mol. The Morgan fingerprint density at radius 2 is 2.04 bits per heavy atom. The number of ether oxygens (including phenoxy) is 1. The number of benzene rings is 1. The number of carbonyl (C=O) groups is 2. The number of rotatable bonds is 4. The molecule has 0 saturated carbocycles. The summed E-state index contributed by atoms with van der Waals surface area (Å²) >= 11 is 1.50. The number of hydrogen-bond acceptors (Lipinski definition) is 6. The summed E-state index contributed by atoms with van der Waals surface area (Å²) in [5.41, 5.74) is 2.08. The highest BCUT2D eigenvalue weighted by atomic mass is 32.1. The number of aromatic amines is 1. The molecule has 0 fully saturated rings. The van der Waals surface area contributed by atoms with Crippen LogP contribution in [0.4, 0.5) is 0 Å². The summed E-state index contributed by atoms with van der Waals surface area (Å²) in [7, 11) is 1.32. The zero-order chi connectivity index (χ0) is 19.0. The molecule has 2 N–H and O–H groups in total. The van der Waals surface area contributed by atoms with Gasteiger partial charge in [-0.15, -0.1) is 11.3 Å². The number of carbonyl (C=O) groups excluding carboxylic acids is 2. The van der Waals surface area contributed by atoms with Crippen LogP contribution >= 0.6 is 11.3 Å². The lowest BCUT2D eigenvalue weighted by Crippen LogP contribution is -2.27. The van der Waals surface area contributed by atoms with Gasteiger partial charge in [0.2, 0.25) is 5.82 Å². The standard InChI is InChI=1S/C19H17N3O4S/c1-26-19(25)11-7-5-10(6-8-11)9-20-17(24)15-21-16(23)14-12-3-2-4-13(12)27-18(14)22-15/h5-8H,2-4,9H2,1H3,(H,20,24)(H,21,22,23). The number of aromatic nitrogens is 2. The lowest BCUT2D eigenvalue weighted by atomic mass is 10.1. The van der Waals surface area contributed by atoms with Gasteiger partial charge < -0.3 is 15.0 Å². The van der Waals surface area contributed by atoms with Crippen LogP contribution in [0.5, 0.6) is 0 Å². The minimum atomic E-state index is -0.445. The molecule has 0 radical (unpaired) electrons. The molecule has 1 aliphatic carbocycles. The first-order valence-electron chi connectivity index (χ1n) is 8.57. The molecule has 2 heterocycles. The normalized spacial score (nSPS) is 12.8. The molecular formula is C19H17N3O4S. The van der Waals surface area contributed by atoms with Crippen molar-refractivity contribution >= 4 is 33.4 Å². The second kappa shape index (κ2) is 6.96. The van der Waals surface area contributed by atoms with Crippen LogP contribution in [0.3, 0.4) is 0 Å². The van der Waals surface area contributed by atoms with Crippen LogP contribution < -0.4 is 10.9 Å². The average molecular weight is 383 g/mol. The summed E-state index contributed by atoms with van der Waals surface area (Å²) in [5, 5.41) is 3.36. The number of esters is 1. The first-order valence-corrected chi connectivity index (χ1v) is 9.38. The zero-order valence-corrected chi connectivity index (χ0v) is 15.4. The van der Waals surface area contributed by atoms with Crippen molar-refractivity contribution in [1.29, 1.82) is 0 Å². The molecule has 3 aromatic rings. The quantitative estimate of drug-likeness (QED) is 0.673. The largest absolute Gasteiger partial charge is 0.465 e. The van der Waals surface area contributed by atoms with E-state index in [2.05, 4.69) is 20.0 Å². The fourth-order valence-electron chi connectivity index (χ4n) is 3.25. The van der Waals surface area contributed by atoms with Crippen LogP contribution in [0.2, 0.25) is 0 Å². The van der Waals surface area contributed by atoms with Gasteiger partial charge in [-0.1, -0.05) is 12.1 Å². The minimum absolute atomic E-state index is 0.0126. The Balaban J connectivity index is 1.50. The van der Waals surface area contributed by atoms with Gasteiger partial charge in [0.15, 0.2) is 0 Å². The fraction of sp³-hybridized carbons (Fsp3) is 0.263. The zero-order valence-electron chi connectivity index (χ0n) is 14.6. The van der Waals surface area contributed by atoms with Gasteiger partial charge in [-0.25, -0.2) is 9.78 Å². The van der Waals surface area contributed by atoms with Crippen molar-refractivity contribution in [2.75, 3.05) is 7.11 Å². The number of H-pyrrole nitrogens is 1. The van der Waals surface area contributed by atoms with E-state index < -0.39 is 11.9 Å². The van der Waals surface area contributed by atoms with E-state index in [1.165, 1.54) is 23.3 Å². The van der Waals surface area contributed by atoms with Gasteiger partial charge in [0.1, 0.15) is 4.83 Å². The molecule has 0 atom stereocenters. The smallest absolute Gasteiger partial charge is 0.337 e. The lowest BCUT2D eigenvalue weighted by Gasteiger charge is -2.06. The van der Waals surface area contributed by atoms with Crippen molar-refractivity contribution in [3.05, 3.63) is 62.0 Å². The maximum Gasteiger partial charge on any atom is 0.337 e. The van der Waals surface area contributed by atoms with Gasteiger partial charge in [-0.2, -0.15) is 0 Å². The molecule has 1 aliphatic rings. The van der Waals surface area contributed by atoms with E-state index in [1.807, 2.05) is 0 Å². The Morgan fingerprint density at radius 1 is 1.26 bits per heavy atom. The maximum absolute atomic E-state index is 12.4. The van der Waals surface area contributed by atoms with Crippen LogP contribution in [-0.2, 0) is 24.1 Å². The highest BCUT2D eigenvalue weighted by Crippen LogP contribution is 2.34. The molecule has 0 saturated heterocycles. The van der Waals surface area contributed by atoms with Crippen LogP contribution in [0.1, 0.15) is 43.4 Å². The van der Waals surface area contributed by atoms with E-state index in [0.29, 0.717) is 15.8 Å². The fourth-order valence-corrected chi connectivity index (χ4v) is 4.51. The number of nitrogens with one attached hydrogen (secondary N) is 2. The molecule has 7 nitrogen and oxygen atoms in total. The van der Waals surface area contributed by atoms with E-state index >= 15 is 0 Å². The summed E-state index contributed by atoms with van der Waals surface area (Å²) in [4.78, 5) is 45.0. The van der Waals surface area contributed by atoms with E-state index in [0.717, 1.165) is 30.4 Å². The van der Waals surface area contributed by atoms with Crippen molar-refractivity contribution in [1.82, 2.24) is 15.3 Å². The third-order valence-corrected chi connectivity index (χ3v) is 5.80. The second-order valence-electron chi connectivity index (χ2n) is 6.32. The van der Waals surface area contributed by atoms with E-state index in [-0.39, 0.29) is 17.9 Å². The Bertz CT molecular complexity index is 1100. The molecule has 0 aliphatic heterocycles. The number of aryl methyl sites for hydroxylation is 2. The first kappa shape index (κ1) is 17.4. The van der Waals surface area contributed by atoms with Crippen LogP contribution in [0.25, 0.3) is 10.2 Å². The summed E-state index contributed by atoms with van der Waals surface area (Å²) in [6, 6.07) is 6.73. The van der Waals surface area contributed by atoms with E-state index in [9.17, 15) is 14.4 Å². The molecule has 2 aromatic heterocycles. The Hall–Kier alpha value is -3.00. The third kappa shape index (κ3) is 3.23. The van der Waals surface area contributed by atoms with Crippen molar-refractivity contribution in [2.24, 2.45) is 0 Å². The highest BCUT2D eigenvalue weighted by Gasteiger charge is 2.22. The number of amides is 1. The summed E-state index contributed by atoms with van der Waals surface area (Å²) < 4.78 is 4.65. The Labute approximate surface area is 158 Å². The van der Waals surface area contributed by atoms with Crippen molar-refractivity contribution in [2.45, 2.75) is 25.8 Å². The minimum Gasteiger partial charge on any atom is -0.465 e. The average Bonchev–Trinajstić information content (AvgIpc) is 3.26. The van der Waals surface area contributed by atoms with Crippen molar-refractivity contribution in [3.8, 4) is 0 Å². The maximum atomic E-state index is 12.4. The number of fused-ring (bicyclic) bond motifs is 3. The van der Waals surface area contributed by atoms with Gasteiger partial charge in [0, 0.05) is 11.4 Å². The molecule has 0 spiro atoms. The van der Waals surface area contributed by atoms with Crippen LogP contribution in [-0.4, -0.2) is 29.0 Å². The van der Waals surface area contributed by atoms with E-state index in [4.69, 9.17) is 0 Å². The molecule has 1 amide bonds. The van der Waals surface area contributed by atoms with Crippen molar-refractivity contribution < 1.29 is 14.3 Å². The third-order valence-electron chi connectivity index (χ3n) is 4.62. The summed E-state index contributed by atoms with van der Waals surface area (Å²) in [6.45, 7) is 0.253. The van der Waals surface area contributed by atoms with Gasteiger partial charge in [0.05, 0.1) is 18.1 Å². The molecule has 1 aromatic carbocycles. The molecular weight excluding hydrogens is 366 g/mol. The number of methoxy groups -OCH3 is 1. The molecule has 27 heavy (non-hydrogen) atoms.